The van der Waals surface area contributed by atoms with Crippen LogP contribution in [-0.2, 0) is 0 Å². The largest absolute Gasteiger partial charge is 0.361 e. The van der Waals surface area contributed by atoms with Gasteiger partial charge in [0.15, 0.2) is 0 Å². The van der Waals surface area contributed by atoms with Gasteiger partial charge in [0.1, 0.15) is 17.1 Å². The van der Waals surface area contributed by atoms with Crippen LogP contribution in [0.3, 0.4) is 0 Å². The second-order valence-electron chi connectivity index (χ2n) is 28.2. The van der Waals surface area contributed by atoms with Crippen LogP contribution >= 0.6 is 11.7 Å². The Balaban J connectivity index is -0.000000334. The lowest BCUT2D eigenvalue weighted by Gasteiger charge is -2.07. The SMILES string of the molecule is CC.CC.CC.CC.CC.CC(C)c1cn[nH]c1C(C)C.CC(C)c1cn[nH]c1C(C)C.CC(C)c1cn[nH]c1C(C)C.CC(C)c1cn[nH]c1C(C)C.CC(C)c1nc[nH]c1C(C)C.CC(C)c1nonc1C(C)C.CC(C)c1nsnc1C(C)C.Cc1noc(C(C)C)c1C(C)C. The van der Waals surface area contributed by atoms with Crippen LogP contribution in [0.2, 0.25) is 0 Å². The molecule has 8 aromatic rings. The molecular weight excluding hydrogens is 1250 g/mol. The number of hydrogen-bond donors (Lipinski definition) is 5. The number of imidazole rings is 1. The van der Waals surface area contributed by atoms with E-state index in [4.69, 9.17) is 4.52 Å². The average molecular weight is 1400 g/mol. The normalized spacial score (nSPS) is 10.6. The van der Waals surface area contributed by atoms with Crippen LogP contribution in [0.25, 0.3) is 0 Å². The summed E-state index contributed by atoms with van der Waals surface area (Å²) < 4.78 is 18.5. The van der Waals surface area contributed by atoms with E-state index in [1.165, 1.54) is 85.1 Å². The fourth-order valence-corrected chi connectivity index (χ4v) is 10.5. The fourth-order valence-electron chi connectivity index (χ4n) is 9.67. The van der Waals surface area contributed by atoms with Gasteiger partial charge in [0, 0.05) is 51.8 Å². The van der Waals surface area contributed by atoms with Crippen LogP contribution in [-0.4, -0.2) is 75.0 Å². The molecule has 0 aliphatic carbocycles. The summed E-state index contributed by atoms with van der Waals surface area (Å²) in [6, 6.07) is 0. The Bertz CT molecular complexity index is 2420. The maximum absolute atomic E-state index is 5.27. The van der Waals surface area contributed by atoms with Crippen LogP contribution in [0, 0.1) is 6.92 Å². The molecule has 8 aromatic heterocycles. The van der Waals surface area contributed by atoms with Crippen molar-refractivity contribution in [2.24, 2.45) is 0 Å². The highest BCUT2D eigenvalue weighted by Crippen LogP contribution is 2.30. The lowest BCUT2D eigenvalue weighted by Crippen LogP contribution is -1.96. The van der Waals surface area contributed by atoms with Crippen LogP contribution < -0.4 is 0 Å². The Labute approximate surface area is 612 Å². The summed E-state index contributed by atoms with van der Waals surface area (Å²) in [6.45, 7) is 91.3. The van der Waals surface area contributed by atoms with E-state index in [-0.39, 0.29) is 0 Å². The quantitative estimate of drug-likeness (QED) is 0.0608. The summed E-state index contributed by atoms with van der Waals surface area (Å²) in [5, 5.41) is 40.0. The van der Waals surface area contributed by atoms with Gasteiger partial charge in [-0.05, 0) is 106 Å². The zero-order chi connectivity index (χ0) is 78.3. The number of aromatic amines is 5. The first-order valence-electron chi connectivity index (χ1n) is 38.2. The van der Waals surface area contributed by atoms with Gasteiger partial charge in [-0.2, -0.15) is 29.1 Å². The van der Waals surface area contributed by atoms with Crippen molar-refractivity contribution < 1.29 is 9.15 Å². The van der Waals surface area contributed by atoms with E-state index in [0.717, 1.165) is 22.8 Å². The fraction of sp³-hybridized carbons (Fsp3) is 0.728. The minimum absolute atomic E-state index is 0.402. The van der Waals surface area contributed by atoms with Crippen molar-refractivity contribution in [3.63, 3.8) is 0 Å². The third kappa shape index (κ3) is 37.5. The predicted octanol–water partition coefficient (Wildman–Crippen LogP) is 26.7. The van der Waals surface area contributed by atoms with E-state index in [0.29, 0.717) is 94.7 Å². The van der Waals surface area contributed by atoms with Crippen molar-refractivity contribution in [1.82, 2.24) is 75.0 Å². The maximum atomic E-state index is 5.27. The number of aryl methyl sites for hydroxylation is 1. The van der Waals surface area contributed by atoms with Gasteiger partial charge in [0.05, 0.1) is 65.6 Å². The summed E-state index contributed by atoms with van der Waals surface area (Å²) in [5.74, 6) is 9.38. The zero-order valence-corrected chi connectivity index (χ0v) is 72.6. The van der Waals surface area contributed by atoms with Crippen molar-refractivity contribution >= 4 is 11.7 Å². The van der Waals surface area contributed by atoms with Crippen LogP contribution in [0.4, 0.5) is 0 Å². The number of hydrogen-bond acceptors (Lipinski definition) is 13. The Morgan fingerprint density at radius 3 is 0.737 bits per heavy atom. The monoisotopic (exact) mass is 1400 g/mol. The van der Waals surface area contributed by atoms with Gasteiger partial charge < -0.3 is 9.51 Å². The third-order valence-electron chi connectivity index (χ3n) is 14.7. The summed E-state index contributed by atoms with van der Waals surface area (Å²) >= 11 is 1.32. The molecule has 572 valence electrons. The van der Waals surface area contributed by atoms with E-state index < -0.39 is 0 Å². The molecule has 0 aromatic carbocycles. The Morgan fingerprint density at radius 2 is 0.556 bits per heavy atom. The number of nitrogens with zero attached hydrogens (tertiary/aromatic N) is 10. The van der Waals surface area contributed by atoms with Crippen molar-refractivity contribution in [3.05, 3.63) is 127 Å². The van der Waals surface area contributed by atoms with E-state index in [9.17, 15) is 0 Å². The van der Waals surface area contributed by atoms with Gasteiger partial charge in [0.25, 0.3) is 0 Å². The molecule has 0 aliphatic heterocycles. The van der Waals surface area contributed by atoms with Crippen molar-refractivity contribution in [2.45, 2.75) is 392 Å². The lowest BCUT2D eigenvalue weighted by molar-refractivity contribution is 0.298. The molecular formula is C81H155N15O2S. The summed E-state index contributed by atoms with van der Waals surface area (Å²) in [6.07, 6.45) is 9.50. The lowest BCUT2D eigenvalue weighted by atomic mass is 9.96. The number of aromatic nitrogens is 15. The van der Waals surface area contributed by atoms with Crippen LogP contribution in [0.15, 0.2) is 40.3 Å². The van der Waals surface area contributed by atoms with Gasteiger partial charge in [-0.3, -0.25) is 20.4 Å². The van der Waals surface area contributed by atoms with E-state index in [1.54, 1.807) is 6.33 Å². The molecule has 5 N–H and O–H groups in total. The summed E-state index contributed by atoms with van der Waals surface area (Å²) in [5.41, 5.74) is 19.6. The zero-order valence-electron chi connectivity index (χ0n) is 71.8. The van der Waals surface area contributed by atoms with E-state index in [2.05, 4.69) is 301 Å². The van der Waals surface area contributed by atoms with Gasteiger partial charge in [-0.1, -0.05) is 306 Å². The molecule has 0 bridgehead atoms. The molecule has 0 amide bonds. The molecule has 8 heterocycles. The molecule has 0 saturated heterocycles. The van der Waals surface area contributed by atoms with Crippen molar-refractivity contribution in [2.75, 3.05) is 0 Å². The number of rotatable bonds is 16. The molecule has 99 heavy (non-hydrogen) atoms. The Hall–Kier alpha value is -6.04. The first-order chi connectivity index (χ1) is 46.4. The molecule has 0 radical (unpaired) electrons. The molecule has 0 saturated carbocycles. The Morgan fingerprint density at radius 1 is 0.293 bits per heavy atom. The van der Waals surface area contributed by atoms with Crippen molar-refractivity contribution in [1.29, 1.82) is 0 Å². The van der Waals surface area contributed by atoms with Gasteiger partial charge in [0.2, 0.25) is 0 Å². The highest BCUT2D eigenvalue weighted by atomic mass is 32.1. The third-order valence-corrected chi connectivity index (χ3v) is 15.3. The number of nitrogens with one attached hydrogen (secondary N) is 5. The molecule has 0 aliphatic rings. The smallest absolute Gasteiger partial charge is 0.142 e. The van der Waals surface area contributed by atoms with Gasteiger partial charge >= 0.3 is 0 Å². The molecule has 0 atom stereocenters. The molecule has 8 rings (SSSR count). The molecule has 18 heteroatoms. The second-order valence-corrected chi connectivity index (χ2v) is 28.8. The summed E-state index contributed by atoms with van der Waals surface area (Å²) in [4.78, 5) is 7.46. The van der Waals surface area contributed by atoms with E-state index in [1.807, 2.05) is 101 Å². The van der Waals surface area contributed by atoms with Crippen molar-refractivity contribution in [3.8, 4) is 0 Å². The molecule has 0 unspecified atom stereocenters. The first kappa shape index (κ1) is 102. The minimum Gasteiger partial charge on any atom is -0.361 e. The van der Waals surface area contributed by atoms with E-state index >= 15 is 0 Å². The topological polar surface area (TPSA) is 234 Å². The van der Waals surface area contributed by atoms with Crippen LogP contribution in [0.1, 0.15) is 482 Å². The summed E-state index contributed by atoms with van der Waals surface area (Å²) in [7, 11) is 0. The van der Waals surface area contributed by atoms with Gasteiger partial charge in [-0.15, -0.1) is 0 Å². The molecule has 17 nitrogen and oxygen atoms in total. The first-order valence-corrected chi connectivity index (χ1v) is 38.9. The molecule has 0 spiro atoms. The number of H-pyrrole nitrogens is 5. The second kappa shape index (κ2) is 56.6. The highest BCUT2D eigenvalue weighted by molar-refractivity contribution is 6.99. The average Bonchev–Trinajstić information content (AvgIpc) is 1.73. The molecule has 0 fully saturated rings. The minimum atomic E-state index is 0.402. The maximum Gasteiger partial charge on any atom is 0.142 e. The Kier molecular flexibility index (Phi) is 58.1. The highest BCUT2D eigenvalue weighted by Gasteiger charge is 2.20. The standard InChI is InChI=1S/C10H17NO.5C9H16N2.C8H14N2O.C8H14N2S.5C2H6/c1-6(2)9-8(5)11-12-10(9)7(3)4;1-6(2)8-9(7(3)4)11-5-10-8;4*1-6(2)8-5-10-11-9(8)7(3)4;2*1-5(2)7-8(6(3)4)10-11-9-7;5*1-2/h6-7H,1-5H3;5*5-7H,1-4H3,(H,10,11);2*5-6H,1-4H3;5*1-2H3. The van der Waals surface area contributed by atoms with Crippen LogP contribution in [0.5, 0.6) is 0 Å². The predicted molar refractivity (Wildman–Crippen MR) is 431 cm³/mol. The van der Waals surface area contributed by atoms with Gasteiger partial charge in [-0.25, -0.2) is 9.61 Å².